The van der Waals surface area contributed by atoms with Gasteiger partial charge in [-0.05, 0) is 44.4 Å². The van der Waals surface area contributed by atoms with Crippen LogP contribution in [0.1, 0.15) is 84.0 Å². The Morgan fingerprint density at radius 2 is 1.86 bits per heavy atom. The topological polar surface area (TPSA) is 91.7 Å². The SMILES string of the molecule is CCCCC(F)(F)C(=O)CC[C@H]1C(O)CC(=O)C1C/C=C\CCCCCC(=O)O. The molecule has 1 fully saturated rings. The summed E-state index contributed by atoms with van der Waals surface area (Å²) in [6.07, 6.45) is 6.79. The number of aliphatic hydroxyl groups is 1. The first-order valence-corrected chi connectivity index (χ1v) is 10.7. The Bertz CT molecular complexity index is 574. The van der Waals surface area contributed by atoms with E-state index in [1.165, 1.54) is 0 Å². The number of hydrogen-bond acceptors (Lipinski definition) is 4. The molecule has 0 aliphatic heterocycles. The molecular weight excluding hydrogens is 382 g/mol. The number of Topliss-reactive ketones (excluding diaryl/α,β-unsaturated/α-hetero) is 2. The average molecular weight is 417 g/mol. The molecule has 2 N–H and O–H groups in total. The lowest BCUT2D eigenvalue weighted by molar-refractivity contribution is -0.144. The summed E-state index contributed by atoms with van der Waals surface area (Å²) in [5, 5.41) is 18.7. The maximum Gasteiger partial charge on any atom is 0.305 e. The molecule has 2 unspecified atom stereocenters. The third kappa shape index (κ3) is 9.15. The molecule has 0 amide bonds. The first-order chi connectivity index (χ1) is 13.7. The fourth-order valence-corrected chi connectivity index (χ4v) is 3.81. The van der Waals surface area contributed by atoms with Gasteiger partial charge in [-0.1, -0.05) is 31.9 Å². The monoisotopic (exact) mass is 416 g/mol. The molecule has 0 saturated heterocycles. The Labute approximate surface area is 171 Å². The van der Waals surface area contributed by atoms with Crippen LogP contribution < -0.4 is 0 Å². The summed E-state index contributed by atoms with van der Waals surface area (Å²) >= 11 is 0. The summed E-state index contributed by atoms with van der Waals surface area (Å²) in [5.74, 6) is -6.23. The van der Waals surface area contributed by atoms with Crippen molar-refractivity contribution in [2.75, 3.05) is 0 Å². The standard InChI is InChI=1S/C22H34F2O5/c1-2-3-14-22(23,24)20(27)13-12-17-16(18(25)15-19(17)26)10-8-6-4-5-7-9-11-21(28)29/h6,8,16-17,19,26H,2-5,7,9-15H2,1H3,(H,28,29)/b8-6-/t16?,17-,19?/m1/s1. The Kier molecular flexibility index (Phi) is 11.2. The number of aliphatic carboxylic acids is 1. The Morgan fingerprint density at radius 3 is 2.52 bits per heavy atom. The molecule has 0 spiro atoms. The van der Waals surface area contributed by atoms with Gasteiger partial charge in [0.15, 0.2) is 0 Å². The average Bonchev–Trinajstić information content (AvgIpc) is 2.92. The number of rotatable bonds is 15. The molecular formula is C22H34F2O5. The van der Waals surface area contributed by atoms with E-state index < -0.39 is 42.0 Å². The van der Waals surface area contributed by atoms with Crippen molar-refractivity contribution in [3.05, 3.63) is 12.2 Å². The van der Waals surface area contributed by atoms with Gasteiger partial charge >= 0.3 is 11.9 Å². The minimum atomic E-state index is -3.33. The van der Waals surface area contributed by atoms with Gasteiger partial charge in [0.05, 0.1) is 6.10 Å². The summed E-state index contributed by atoms with van der Waals surface area (Å²) < 4.78 is 27.7. The third-order valence-corrected chi connectivity index (χ3v) is 5.61. The van der Waals surface area contributed by atoms with Crippen molar-refractivity contribution in [3.63, 3.8) is 0 Å². The molecule has 0 aromatic rings. The molecule has 1 saturated carbocycles. The molecule has 5 nitrogen and oxygen atoms in total. The summed E-state index contributed by atoms with van der Waals surface area (Å²) in [4.78, 5) is 34.5. The number of carboxylic acids is 1. The Hall–Kier alpha value is -1.63. The molecule has 1 aliphatic carbocycles. The number of allylic oxidation sites excluding steroid dienone is 2. The first-order valence-electron chi connectivity index (χ1n) is 10.7. The van der Waals surface area contributed by atoms with Gasteiger partial charge in [-0.15, -0.1) is 0 Å². The van der Waals surface area contributed by atoms with Crippen LogP contribution in [0.25, 0.3) is 0 Å². The molecule has 7 heteroatoms. The van der Waals surface area contributed by atoms with Gasteiger partial charge in [0.2, 0.25) is 5.78 Å². The fraction of sp³-hybridized carbons (Fsp3) is 0.773. The summed E-state index contributed by atoms with van der Waals surface area (Å²) in [6.45, 7) is 1.79. The molecule has 29 heavy (non-hydrogen) atoms. The minimum Gasteiger partial charge on any atom is -0.481 e. The lowest BCUT2D eigenvalue weighted by atomic mass is 9.86. The summed E-state index contributed by atoms with van der Waals surface area (Å²) in [7, 11) is 0. The maximum absolute atomic E-state index is 13.8. The van der Waals surface area contributed by atoms with E-state index in [1.54, 1.807) is 6.92 Å². The van der Waals surface area contributed by atoms with E-state index in [0.29, 0.717) is 19.3 Å². The molecule has 1 aliphatic rings. The number of unbranched alkanes of at least 4 members (excludes halogenated alkanes) is 4. The number of alkyl halides is 2. The van der Waals surface area contributed by atoms with E-state index in [9.17, 15) is 28.3 Å². The minimum absolute atomic E-state index is 0.0127. The molecule has 0 heterocycles. The number of carbonyl (C=O) groups is 3. The second-order valence-electron chi connectivity index (χ2n) is 7.98. The molecule has 166 valence electrons. The molecule has 0 aromatic carbocycles. The molecule has 3 atom stereocenters. The van der Waals surface area contributed by atoms with E-state index >= 15 is 0 Å². The Morgan fingerprint density at radius 1 is 1.14 bits per heavy atom. The number of aliphatic hydroxyl groups excluding tert-OH is 1. The van der Waals surface area contributed by atoms with Crippen LogP contribution in [0.2, 0.25) is 0 Å². The van der Waals surface area contributed by atoms with E-state index in [4.69, 9.17) is 5.11 Å². The number of carbonyl (C=O) groups excluding carboxylic acids is 2. The smallest absolute Gasteiger partial charge is 0.305 e. The summed E-state index contributed by atoms with van der Waals surface area (Å²) in [6, 6.07) is 0. The van der Waals surface area contributed by atoms with E-state index in [1.807, 2.05) is 12.2 Å². The maximum atomic E-state index is 13.8. The van der Waals surface area contributed by atoms with Gasteiger partial charge in [0, 0.05) is 31.6 Å². The van der Waals surface area contributed by atoms with Crippen molar-refractivity contribution >= 4 is 17.5 Å². The van der Waals surface area contributed by atoms with Crippen LogP contribution in [-0.2, 0) is 14.4 Å². The van der Waals surface area contributed by atoms with Crippen molar-refractivity contribution in [1.29, 1.82) is 0 Å². The van der Waals surface area contributed by atoms with Crippen molar-refractivity contribution in [1.82, 2.24) is 0 Å². The zero-order valence-corrected chi connectivity index (χ0v) is 17.2. The fourth-order valence-electron chi connectivity index (χ4n) is 3.81. The molecule has 0 aromatic heterocycles. The zero-order chi connectivity index (χ0) is 21.9. The zero-order valence-electron chi connectivity index (χ0n) is 17.2. The predicted molar refractivity (Wildman–Crippen MR) is 106 cm³/mol. The third-order valence-electron chi connectivity index (χ3n) is 5.61. The Balaban J connectivity index is 2.44. The second kappa shape index (κ2) is 12.8. The lowest BCUT2D eigenvalue weighted by Gasteiger charge is -2.21. The number of ketones is 2. The van der Waals surface area contributed by atoms with Crippen LogP contribution in [0.4, 0.5) is 8.78 Å². The van der Waals surface area contributed by atoms with Crippen molar-refractivity contribution < 1.29 is 33.4 Å². The van der Waals surface area contributed by atoms with Crippen LogP contribution in [0.15, 0.2) is 12.2 Å². The lowest BCUT2D eigenvalue weighted by Crippen LogP contribution is -2.30. The van der Waals surface area contributed by atoms with Crippen molar-refractivity contribution in [3.8, 4) is 0 Å². The van der Waals surface area contributed by atoms with Gasteiger partial charge in [-0.3, -0.25) is 14.4 Å². The van der Waals surface area contributed by atoms with Gasteiger partial charge < -0.3 is 10.2 Å². The van der Waals surface area contributed by atoms with Crippen LogP contribution in [-0.4, -0.2) is 39.8 Å². The van der Waals surface area contributed by atoms with E-state index in [-0.39, 0.29) is 37.9 Å². The number of hydrogen-bond donors (Lipinski definition) is 2. The summed E-state index contributed by atoms with van der Waals surface area (Å²) in [5.41, 5.74) is 0. The molecule has 0 bridgehead atoms. The predicted octanol–water partition coefficient (Wildman–Crippen LogP) is 4.71. The molecule has 1 rings (SSSR count). The molecule has 0 radical (unpaired) electrons. The number of carboxylic acid groups (broad SMARTS) is 1. The van der Waals surface area contributed by atoms with E-state index in [0.717, 1.165) is 19.3 Å². The highest BCUT2D eigenvalue weighted by atomic mass is 19.3. The first kappa shape index (κ1) is 25.4. The van der Waals surface area contributed by atoms with Gasteiger partial charge in [-0.25, -0.2) is 0 Å². The quantitative estimate of drug-likeness (QED) is 0.298. The highest BCUT2D eigenvalue weighted by molar-refractivity contribution is 5.86. The van der Waals surface area contributed by atoms with Crippen LogP contribution in [0.5, 0.6) is 0 Å². The van der Waals surface area contributed by atoms with Gasteiger partial charge in [0.1, 0.15) is 5.78 Å². The van der Waals surface area contributed by atoms with Gasteiger partial charge in [-0.2, -0.15) is 8.78 Å². The highest BCUT2D eigenvalue weighted by Crippen LogP contribution is 2.36. The van der Waals surface area contributed by atoms with Gasteiger partial charge in [0.25, 0.3) is 0 Å². The second-order valence-corrected chi connectivity index (χ2v) is 7.98. The van der Waals surface area contributed by atoms with Crippen molar-refractivity contribution in [2.45, 2.75) is 96.0 Å². The largest absolute Gasteiger partial charge is 0.481 e. The number of halogens is 2. The normalized spacial score (nSPS) is 22.5. The van der Waals surface area contributed by atoms with Crippen LogP contribution in [0.3, 0.4) is 0 Å². The van der Waals surface area contributed by atoms with Crippen LogP contribution in [0, 0.1) is 11.8 Å². The van der Waals surface area contributed by atoms with E-state index in [2.05, 4.69) is 0 Å². The van der Waals surface area contributed by atoms with Crippen LogP contribution >= 0.6 is 0 Å². The van der Waals surface area contributed by atoms with Crippen molar-refractivity contribution in [2.24, 2.45) is 11.8 Å². The highest BCUT2D eigenvalue weighted by Gasteiger charge is 2.43.